The molecule has 0 aliphatic heterocycles. The van der Waals surface area contributed by atoms with Gasteiger partial charge in [-0.3, -0.25) is 0 Å². The number of fused-ring (bicyclic) bond motifs is 1. The smallest absolute Gasteiger partial charge is 0.0738 e. The number of hydrogen-bond acceptors (Lipinski definition) is 3. The first kappa shape index (κ1) is 13.1. The molecule has 1 aromatic heterocycles. The summed E-state index contributed by atoms with van der Waals surface area (Å²) in [5.41, 5.74) is 1.39. The summed E-state index contributed by atoms with van der Waals surface area (Å²) >= 11 is 1.89. The molecular weight excluding hydrogens is 254 g/mol. The highest BCUT2D eigenvalue weighted by Crippen LogP contribution is 2.33. The van der Waals surface area contributed by atoms with Gasteiger partial charge in [-0.05, 0) is 31.3 Å². The average Bonchev–Trinajstić information content (AvgIpc) is 3.04. The van der Waals surface area contributed by atoms with Crippen molar-refractivity contribution in [1.29, 1.82) is 0 Å². The van der Waals surface area contributed by atoms with Gasteiger partial charge in [-0.2, -0.15) is 0 Å². The first-order valence-corrected chi connectivity index (χ1v) is 7.95. The van der Waals surface area contributed by atoms with E-state index < -0.39 is 0 Å². The number of nitrogens with one attached hydrogen (secondary N) is 1. The molecule has 3 heteroatoms. The molecule has 0 amide bonds. The van der Waals surface area contributed by atoms with E-state index in [9.17, 15) is 0 Å². The minimum Gasteiger partial charge on any atom is -0.373 e. The van der Waals surface area contributed by atoms with E-state index in [4.69, 9.17) is 4.74 Å². The van der Waals surface area contributed by atoms with Crippen molar-refractivity contribution >= 4 is 21.4 Å². The molecule has 0 spiro atoms. The van der Waals surface area contributed by atoms with E-state index in [0.717, 1.165) is 13.2 Å². The van der Waals surface area contributed by atoms with Crippen LogP contribution in [0.25, 0.3) is 10.1 Å². The molecule has 0 radical (unpaired) electrons. The highest BCUT2D eigenvalue weighted by molar-refractivity contribution is 7.19. The van der Waals surface area contributed by atoms with E-state index in [-0.39, 0.29) is 0 Å². The topological polar surface area (TPSA) is 21.3 Å². The molecule has 1 fully saturated rings. The summed E-state index contributed by atoms with van der Waals surface area (Å²) in [5, 5.41) is 4.64. The molecule has 1 aliphatic carbocycles. The summed E-state index contributed by atoms with van der Waals surface area (Å²) < 4.78 is 7.49. The number of rotatable bonds is 5. The molecule has 1 aliphatic rings. The predicted octanol–water partition coefficient (Wildman–Crippen LogP) is 4.08. The number of benzene rings is 1. The Kier molecular flexibility index (Phi) is 4.16. The second-order valence-electron chi connectivity index (χ2n) is 5.25. The fourth-order valence-electron chi connectivity index (χ4n) is 2.87. The third-order valence-corrected chi connectivity index (χ3v) is 5.10. The zero-order valence-electron chi connectivity index (χ0n) is 11.4. The molecule has 1 aromatic carbocycles. The maximum Gasteiger partial charge on any atom is 0.0738 e. The summed E-state index contributed by atoms with van der Waals surface area (Å²) in [7, 11) is 2.01. The zero-order chi connectivity index (χ0) is 13.1. The van der Waals surface area contributed by atoms with Gasteiger partial charge in [-0.25, -0.2) is 0 Å². The van der Waals surface area contributed by atoms with Crippen molar-refractivity contribution in [3.8, 4) is 0 Å². The lowest BCUT2D eigenvalue weighted by Gasteiger charge is -2.12. The number of ether oxygens (including phenoxy) is 1. The van der Waals surface area contributed by atoms with Gasteiger partial charge in [-0.1, -0.05) is 31.0 Å². The molecule has 2 aromatic rings. The van der Waals surface area contributed by atoms with E-state index in [0.29, 0.717) is 6.10 Å². The molecule has 19 heavy (non-hydrogen) atoms. The van der Waals surface area contributed by atoms with E-state index in [1.165, 1.54) is 46.2 Å². The third kappa shape index (κ3) is 2.83. The van der Waals surface area contributed by atoms with Crippen molar-refractivity contribution in [3.05, 3.63) is 34.7 Å². The van der Waals surface area contributed by atoms with Crippen molar-refractivity contribution in [2.75, 3.05) is 7.05 Å². The Morgan fingerprint density at radius 1 is 1.26 bits per heavy atom. The van der Waals surface area contributed by atoms with Crippen molar-refractivity contribution < 1.29 is 4.74 Å². The van der Waals surface area contributed by atoms with Crippen molar-refractivity contribution in [3.63, 3.8) is 0 Å². The van der Waals surface area contributed by atoms with Crippen LogP contribution in [-0.4, -0.2) is 13.2 Å². The quantitative estimate of drug-likeness (QED) is 0.887. The number of hydrogen-bond donors (Lipinski definition) is 1. The Morgan fingerprint density at radius 2 is 2.05 bits per heavy atom. The Bertz CT molecular complexity index is 543. The normalized spacial score (nSPS) is 16.5. The van der Waals surface area contributed by atoms with Crippen molar-refractivity contribution in [2.45, 2.75) is 44.9 Å². The molecule has 0 bridgehead atoms. The van der Waals surface area contributed by atoms with Gasteiger partial charge < -0.3 is 10.1 Å². The molecule has 1 saturated carbocycles. The standard InChI is InChI=1S/C16H21NOS/c1-17-10-16-14(11-18-12-6-2-3-7-12)13-8-4-5-9-15(13)19-16/h4-5,8-9,12,17H,2-3,6-7,10-11H2,1H3. The maximum absolute atomic E-state index is 6.12. The van der Waals surface area contributed by atoms with Crippen LogP contribution in [0.4, 0.5) is 0 Å². The van der Waals surface area contributed by atoms with E-state index >= 15 is 0 Å². The van der Waals surface area contributed by atoms with Gasteiger partial charge in [0.05, 0.1) is 12.7 Å². The SMILES string of the molecule is CNCc1sc2ccccc2c1COC1CCCC1. The fraction of sp³-hybridized carbons (Fsp3) is 0.500. The molecule has 1 N–H and O–H groups in total. The van der Waals surface area contributed by atoms with Crippen LogP contribution < -0.4 is 5.32 Å². The highest BCUT2D eigenvalue weighted by atomic mass is 32.1. The maximum atomic E-state index is 6.12. The fourth-order valence-corrected chi connectivity index (χ4v) is 4.09. The third-order valence-electron chi connectivity index (χ3n) is 3.88. The average molecular weight is 275 g/mol. The van der Waals surface area contributed by atoms with E-state index in [1.807, 2.05) is 18.4 Å². The molecular formula is C16H21NOS. The monoisotopic (exact) mass is 275 g/mol. The zero-order valence-corrected chi connectivity index (χ0v) is 12.3. The highest BCUT2D eigenvalue weighted by Gasteiger charge is 2.17. The minimum atomic E-state index is 0.487. The van der Waals surface area contributed by atoms with Gasteiger partial charge in [0.1, 0.15) is 0 Å². The summed E-state index contributed by atoms with van der Waals surface area (Å²) in [6, 6.07) is 8.66. The van der Waals surface area contributed by atoms with Gasteiger partial charge in [0.25, 0.3) is 0 Å². The minimum absolute atomic E-state index is 0.487. The van der Waals surface area contributed by atoms with Crippen LogP contribution in [-0.2, 0) is 17.9 Å². The van der Waals surface area contributed by atoms with Crippen LogP contribution in [0.5, 0.6) is 0 Å². The summed E-state index contributed by atoms with van der Waals surface area (Å²) in [4.78, 5) is 1.42. The van der Waals surface area contributed by atoms with Crippen LogP contribution in [0.2, 0.25) is 0 Å². The molecule has 2 nitrogen and oxygen atoms in total. The van der Waals surface area contributed by atoms with E-state index in [2.05, 4.69) is 29.6 Å². The molecule has 1 heterocycles. The lowest BCUT2D eigenvalue weighted by Crippen LogP contribution is -2.10. The summed E-state index contributed by atoms with van der Waals surface area (Å²) in [6.45, 7) is 1.70. The number of thiophene rings is 1. The molecule has 3 rings (SSSR count). The molecule has 102 valence electrons. The predicted molar refractivity (Wildman–Crippen MR) is 81.6 cm³/mol. The molecule has 0 saturated heterocycles. The van der Waals surface area contributed by atoms with Crippen molar-refractivity contribution in [1.82, 2.24) is 5.32 Å². The second kappa shape index (κ2) is 6.04. The molecule has 0 unspecified atom stereocenters. The lowest BCUT2D eigenvalue weighted by molar-refractivity contribution is 0.0461. The Morgan fingerprint density at radius 3 is 2.84 bits per heavy atom. The van der Waals surface area contributed by atoms with Gasteiger partial charge in [0.15, 0.2) is 0 Å². The Hall–Kier alpha value is -0.900. The van der Waals surface area contributed by atoms with Crippen LogP contribution in [0.3, 0.4) is 0 Å². The first-order chi connectivity index (χ1) is 9.38. The van der Waals surface area contributed by atoms with Gasteiger partial charge in [-0.15, -0.1) is 11.3 Å². The Labute approximate surface area is 118 Å². The van der Waals surface area contributed by atoms with Crippen molar-refractivity contribution in [2.24, 2.45) is 0 Å². The first-order valence-electron chi connectivity index (χ1n) is 7.14. The Balaban J connectivity index is 1.84. The summed E-state index contributed by atoms with van der Waals surface area (Å²) in [5.74, 6) is 0. The van der Waals surface area contributed by atoms with Gasteiger partial charge in [0.2, 0.25) is 0 Å². The van der Waals surface area contributed by atoms with E-state index in [1.54, 1.807) is 0 Å². The van der Waals surface area contributed by atoms with Gasteiger partial charge >= 0.3 is 0 Å². The largest absolute Gasteiger partial charge is 0.373 e. The van der Waals surface area contributed by atoms with Gasteiger partial charge in [0, 0.05) is 21.7 Å². The van der Waals surface area contributed by atoms with Crippen LogP contribution in [0.15, 0.2) is 24.3 Å². The van der Waals surface area contributed by atoms with Crippen LogP contribution >= 0.6 is 11.3 Å². The summed E-state index contributed by atoms with van der Waals surface area (Å²) in [6.07, 6.45) is 5.63. The van der Waals surface area contributed by atoms with Crippen LogP contribution in [0.1, 0.15) is 36.1 Å². The lowest BCUT2D eigenvalue weighted by atomic mass is 10.1. The molecule has 0 atom stereocenters. The van der Waals surface area contributed by atoms with Crippen LogP contribution in [0, 0.1) is 0 Å². The second-order valence-corrected chi connectivity index (χ2v) is 6.38.